The molecule has 0 radical (unpaired) electrons. The quantitative estimate of drug-likeness (QED) is 0.155. The van der Waals surface area contributed by atoms with Crippen LogP contribution in [-0.4, -0.2) is 63.7 Å². The van der Waals surface area contributed by atoms with Gasteiger partial charge in [-0.2, -0.15) is 12.7 Å². The number of benzene rings is 3. The zero-order valence-electron chi connectivity index (χ0n) is 26.0. The molecule has 0 saturated carbocycles. The molecule has 0 fully saturated rings. The van der Waals surface area contributed by atoms with E-state index >= 15 is 0 Å². The number of nitrogens with zero attached hydrogens (tertiary/aromatic N) is 4. The predicted molar refractivity (Wildman–Crippen MR) is 170 cm³/mol. The van der Waals surface area contributed by atoms with Crippen molar-refractivity contribution in [2.45, 2.75) is 59.2 Å². The highest BCUT2D eigenvalue weighted by Crippen LogP contribution is 2.35. The summed E-state index contributed by atoms with van der Waals surface area (Å²) in [6.45, 7) is 6.76. The minimum absolute atomic E-state index is 0.0273. The molecular weight excluding hydrogens is 612 g/mol. The van der Waals surface area contributed by atoms with E-state index in [2.05, 4.69) is 14.5 Å². The van der Waals surface area contributed by atoms with Gasteiger partial charge in [-0.15, -0.1) is 5.10 Å². The van der Waals surface area contributed by atoms with Crippen molar-refractivity contribution in [3.63, 3.8) is 0 Å². The van der Waals surface area contributed by atoms with E-state index in [-0.39, 0.29) is 38.7 Å². The summed E-state index contributed by atoms with van der Waals surface area (Å²) in [7, 11) is -4.15. The van der Waals surface area contributed by atoms with Gasteiger partial charge in [0.25, 0.3) is 5.95 Å². The number of fused-ring (bicyclic) bond motifs is 1. The second-order valence-corrected chi connectivity index (χ2v) is 12.6. The van der Waals surface area contributed by atoms with Crippen LogP contribution in [0, 0.1) is 13.8 Å². The fraction of sp³-hybridized carbons (Fsp3) is 0.364. The Labute approximate surface area is 268 Å². The molecule has 1 aromatic heterocycles. The summed E-state index contributed by atoms with van der Waals surface area (Å²) in [6, 6.07) is 17.0. The lowest BCUT2D eigenvalue weighted by Gasteiger charge is -2.25. The molecule has 244 valence electrons. The van der Waals surface area contributed by atoms with E-state index in [0.29, 0.717) is 30.8 Å². The van der Waals surface area contributed by atoms with Crippen LogP contribution in [0.4, 0.5) is 0 Å². The summed E-state index contributed by atoms with van der Waals surface area (Å²) < 4.78 is 43.9. The van der Waals surface area contributed by atoms with Crippen LogP contribution in [0.5, 0.6) is 5.75 Å². The third kappa shape index (κ3) is 7.33. The van der Waals surface area contributed by atoms with Gasteiger partial charge in [0.2, 0.25) is 0 Å². The summed E-state index contributed by atoms with van der Waals surface area (Å²) >= 11 is 0. The normalized spacial score (nSPS) is 15.3. The number of aliphatic hydroxyl groups excluding tert-OH is 2. The first kappa shape index (κ1) is 32.9. The summed E-state index contributed by atoms with van der Waals surface area (Å²) in [6.07, 6.45) is 2.04. The molecule has 3 aromatic carbocycles. The van der Waals surface area contributed by atoms with Crippen molar-refractivity contribution in [2.75, 3.05) is 19.8 Å². The number of hydrogen-bond donors (Lipinski definition) is 2. The average molecular weight is 651 g/mol. The Morgan fingerprint density at radius 1 is 1.11 bits per heavy atom. The van der Waals surface area contributed by atoms with Crippen LogP contribution in [0.25, 0.3) is 11.0 Å². The third-order valence-electron chi connectivity index (χ3n) is 8.05. The van der Waals surface area contributed by atoms with Crippen molar-refractivity contribution < 1.29 is 37.1 Å². The number of aromatic nitrogens is 3. The van der Waals surface area contributed by atoms with Crippen LogP contribution in [0.1, 0.15) is 59.1 Å². The van der Waals surface area contributed by atoms with Gasteiger partial charge < -0.3 is 23.9 Å². The SMILES string of the molecule is CCOC(=O)CC(c1ccc(C)c(CN2CC=C(O)OS2(=O)=O)c1)c1ccc2c(nnn2CCCOc2ccccc2CO)c1C. The number of carbonyl (C=O) groups excluding carboxylic acids is 1. The summed E-state index contributed by atoms with van der Waals surface area (Å²) in [5, 5.41) is 27.9. The standard InChI is InChI=1S/C33H38N4O8S/c1-4-43-32(40)19-28(24-11-10-22(2)26(18-24)20-36-16-14-31(39)45-46(36,41)42)27-12-13-29-33(23(27)3)34-35-37(29)15-7-17-44-30-9-6-5-8-25(30)21-38/h5-6,8-14,18,28,38-39H,4,7,15-17,19-21H2,1-3H3. The van der Waals surface area contributed by atoms with Gasteiger partial charge in [-0.05, 0) is 60.7 Å². The fourth-order valence-corrected chi connectivity index (χ4v) is 6.51. The Kier molecular flexibility index (Phi) is 10.2. The van der Waals surface area contributed by atoms with E-state index in [0.717, 1.165) is 43.2 Å². The minimum atomic E-state index is -4.15. The molecule has 46 heavy (non-hydrogen) atoms. The number of carbonyl (C=O) groups is 1. The lowest BCUT2D eigenvalue weighted by Crippen LogP contribution is -2.35. The summed E-state index contributed by atoms with van der Waals surface area (Å²) in [5.41, 5.74) is 6.48. The minimum Gasteiger partial charge on any atom is -0.493 e. The highest BCUT2D eigenvalue weighted by atomic mass is 32.2. The van der Waals surface area contributed by atoms with Gasteiger partial charge in [0.15, 0.2) is 0 Å². The number of para-hydroxylation sites is 1. The van der Waals surface area contributed by atoms with E-state index in [1.165, 1.54) is 6.08 Å². The lowest BCUT2D eigenvalue weighted by molar-refractivity contribution is -0.143. The molecule has 0 amide bonds. The Morgan fingerprint density at radius 2 is 1.91 bits per heavy atom. The van der Waals surface area contributed by atoms with Crippen molar-refractivity contribution in [3.8, 4) is 5.75 Å². The highest BCUT2D eigenvalue weighted by molar-refractivity contribution is 7.84. The number of esters is 1. The number of rotatable bonds is 13. The number of aliphatic hydroxyl groups is 2. The highest BCUT2D eigenvalue weighted by Gasteiger charge is 2.30. The zero-order valence-corrected chi connectivity index (χ0v) is 26.9. The number of aryl methyl sites for hydroxylation is 3. The monoisotopic (exact) mass is 650 g/mol. The summed E-state index contributed by atoms with van der Waals surface area (Å²) in [4.78, 5) is 12.8. The number of hydrogen-bond acceptors (Lipinski definition) is 10. The Hall–Kier alpha value is -4.46. The van der Waals surface area contributed by atoms with Gasteiger partial charge >= 0.3 is 16.3 Å². The fourth-order valence-electron chi connectivity index (χ4n) is 5.57. The van der Waals surface area contributed by atoms with Crippen LogP contribution in [0.3, 0.4) is 0 Å². The van der Waals surface area contributed by atoms with Crippen LogP contribution < -0.4 is 4.74 Å². The molecule has 1 aliphatic heterocycles. The first-order valence-corrected chi connectivity index (χ1v) is 16.5. The zero-order chi connectivity index (χ0) is 32.8. The molecule has 12 nitrogen and oxygen atoms in total. The molecule has 0 spiro atoms. The molecule has 1 unspecified atom stereocenters. The Bertz CT molecular complexity index is 1850. The maximum absolute atomic E-state index is 12.8. The predicted octanol–water partition coefficient (Wildman–Crippen LogP) is 4.57. The molecule has 2 heterocycles. The molecule has 0 saturated heterocycles. The van der Waals surface area contributed by atoms with Crippen LogP contribution in [0.15, 0.2) is 66.6 Å². The number of ether oxygens (including phenoxy) is 2. The van der Waals surface area contributed by atoms with Crippen molar-refractivity contribution in [2.24, 2.45) is 0 Å². The van der Waals surface area contributed by atoms with Gasteiger partial charge in [-0.25, -0.2) is 4.68 Å². The lowest BCUT2D eigenvalue weighted by atomic mass is 9.84. The molecule has 5 rings (SSSR count). The van der Waals surface area contributed by atoms with E-state index < -0.39 is 22.2 Å². The van der Waals surface area contributed by atoms with Gasteiger partial charge in [-0.3, -0.25) is 4.79 Å². The van der Waals surface area contributed by atoms with Crippen molar-refractivity contribution in [1.29, 1.82) is 0 Å². The molecule has 0 bridgehead atoms. The van der Waals surface area contributed by atoms with Crippen molar-refractivity contribution in [3.05, 3.63) is 100.0 Å². The van der Waals surface area contributed by atoms with E-state index in [4.69, 9.17) is 9.47 Å². The smallest absolute Gasteiger partial charge is 0.388 e. The maximum Gasteiger partial charge on any atom is 0.388 e. The molecule has 1 atom stereocenters. The maximum atomic E-state index is 12.8. The van der Waals surface area contributed by atoms with Crippen molar-refractivity contribution >= 4 is 27.3 Å². The third-order valence-corrected chi connectivity index (χ3v) is 9.34. The van der Waals surface area contributed by atoms with E-state index in [1.54, 1.807) is 6.92 Å². The Morgan fingerprint density at radius 3 is 2.67 bits per heavy atom. The summed E-state index contributed by atoms with van der Waals surface area (Å²) in [5.74, 6) is -0.738. The van der Waals surface area contributed by atoms with Crippen LogP contribution in [0.2, 0.25) is 0 Å². The van der Waals surface area contributed by atoms with Gasteiger partial charge in [0, 0.05) is 43.6 Å². The second-order valence-electron chi connectivity index (χ2n) is 11.1. The molecule has 1 aliphatic rings. The van der Waals surface area contributed by atoms with Gasteiger partial charge in [-0.1, -0.05) is 47.7 Å². The van der Waals surface area contributed by atoms with Crippen molar-refractivity contribution in [1.82, 2.24) is 19.3 Å². The first-order chi connectivity index (χ1) is 22.1. The van der Waals surface area contributed by atoms with Gasteiger partial charge in [0.1, 0.15) is 11.3 Å². The molecule has 13 heteroatoms. The second kappa shape index (κ2) is 14.3. The van der Waals surface area contributed by atoms with Crippen LogP contribution in [-0.2, 0) is 43.7 Å². The first-order valence-electron chi connectivity index (χ1n) is 15.1. The van der Waals surface area contributed by atoms with E-state index in [9.17, 15) is 23.4 Å². The average Bonchev–Trinajstić information content (AvgIpc) is 3.44. The molecular formula is C33H38N4O8S. The topological polar surface area (TPSA) is 153 Å². The molecule has 4 aromatic rings. The molecule has 2 N–H and O–H groups in total. The largest absolute Gasteiger partial charge is 0.493 e. The Balaban J connectivity index is 1.40. The van der Waals surface area contributed by atoms with Crippen LogP contribution >= 0.6 is 0 Å². The van der Waals surface area contributed by atoms with E-state index in [1.807, 2.05) is 73.1 Å². The molecule has 0 aliphatic carbocycles. The van der Waals surface area contributed by atoms with Gasteiger partial charge in [0.05, 0.1) is 31.8 Å².